The third kappa shape index (κ3) is 2.12. The zero-order valence-electron chi connectivity index (χ0n) is 8.07. The van der Waals surface area contributed by atoms with E-state index in [9.17, 15) is 9.90 Å². The predicted octanol–water partition coefficient (Wildman–Crippen LogP) is 1.55. The number of rotatable bonds is 3. The topological polar surface area (TPSA) is 58.9 Å². The Hall–Kier alpha value is -1.80. The van der Waals surface area contributed by atoms with Crippen LogP contribution in [0.25, 0.3) is 0 Å². The fourth-order valence-corrected chi connectivity index (χ4v) is 1.31. The molecule has 0 amide bonds. The zero-order valence-corrected chi connectivity index (χ0v) is 8.07. The van der Waals surface area contributed by atoms with Crippen molar-refractivity contribution < 1.29 is 14.6 Å². The van der Waals surface area contributed by atoms with Gasteiger partial charge in [0.25, 0.3) is 0 Å². The molecule has 0 spiro atoms. The summed E-state index contributed by atoms with van der Waals surface area (Å²) in [5.74, 6) is 0.507. The highest BCUT2D eigenvalue weighted by atomic mass is 16.5. The van der Waals surface area contributed by atoms with E-state index in [2.05, 4.69) is 4.99 Å². The first-order valence-electron chi connectivity index (χ1n) is 4.09. The normalized spacial score (nSPS) is 9.29. The predicted molar refractivity (Wildman–Crippen MR) is 51.2 cm³/mol. The monoisotopic (exact) mass is 193 g/mol. The highest BCUT2D eigenvalue weighted by molar-refractivity contribution is 5.48. The average Bonchev–Trinajstić information content (AvgIpc) is 2.14. The Morgan fingerprint density at radius 1 is 1.57 bits per heavy atom. The Balaban J connectivity index is 3.07. The van der Waals surface area contributed by atoms with Crippen molar-refractivity contribution in [2.24, 2.45) is 4.99 Å². The molecule has 0 bridgehead atoms. The lowest BCUT2D eigenvalue weighted by atomic mass is 10.1. The van der Waals surface area contributed by atoms with Gasteiger partial charge in [-0.05, 0) is 24.1 Å². The Morgan fingerprint density at radius 3 is 2.79 bits per heavy atom. The van der Waals surface area contributed by atoms with Crippen LogP contribution in [-0.4, -0.2) is 18.3 Å². The summed E-state index contributed by atoms with van der Waals surface area (Å²) in [6.07, 6.45) is 1.45. The van der Waals surface area contributed by atoms with Gasteiger partial charge in [0.05, 0.1) is 13.7 Å². The molecule has 1 rings (SSSR count). The molecular formula is C10H11NO3. The maximum Gasteiger partial charge on any atom is 0.235 e. The van der Waals surface area contributed by atoms with Crippen LogP contribution in [0.15, 0.2) is 17.1 Å². The fourth-order valence-electron chi connectivity index (χ4n) is 1.31. The molecule has 0 radical (unpaired) electrons. The third-order valence-electron chi connectivity index (χ3n) is 1.85. The molecule has 4 nitrogen and oxygen atoms in total. The van der Waals surface area contributed by atoms with E-state index in [0.717, 1.165) is 11.1 Å². The molecule has 0 fully saturated rings. The number of isocyanates is 1. The maximum absolute atomic E-state index is 9.89. The third-order valence-corrected chi connectivity index (χ3v) is 1.85. The number of hydrogen-bond donors (Lipinski definition) is 1. The van der Waals surface area contributed by atoms with Gasteiger partial charge in [-0.3, -0.25) is 0 Å². The largest absolute Gasteiger partial charge is 0.504 e. The summed E-state index contributed by atoms with van der Waals surface area (Å²) in [5, 5.41) is 9.51. The van der Waals surface area contributed by atoms with E-state index in [-0.39, 0.29) is 12.3 Å². The minimum atomic E-state index is 0.0589. The Labute approximate surface area is 81.9 Å². The highest BCUT2D eigenvalue weighted by Gasteiger charge is 2.06. The van der Waals surface area contributed by atoms with Gasteiger partial charge in [-0.15, -0.1) is 0 Å². The molecule has 0 atom stereocenters. The molecule has 1 aromatic rings. The van der Waals surface area contributed by atoms with Crippen molar-refractivity contribution in [3.05, 3.63) is 23.3 Å². The number of benzene rings is 1. The summed E-state index contributed by atoms with van der Waals surface area (Å²) in [4.78, 5) is 13.3. The molecule has 4 heteroatoms. The summed E-state index contributed by atoms with van der Waals surface area (Å²) in [5.41, 5.74) is 1.56. The Morgan fingerprint density at radius 2 is 2.29 bits per heavy atom. The van der Waals surface area contributed by atoms with Crippen LogP contribution in [0, 0.1) is 6.92 Å². The van der Waals surface area contributed by atoms with Crippen molar-refractivity contribution in [2.75, 3.05) is 7.11 Å². The van der Waals surface area contributed by atoms with Crippen LogP contribution >= 0.6 is 0 Å². The second-order valence-corrected chi connectivity index (χ2v) is 2.87. The lowest BCUT2D eigenvalue weighted by Crippen LogP contribution is -1.90. The second kappa shape index (κ2) is 4.44. The van der Waals surface area contributed by atoms with Gasteiger partial charge < -0.3 is 9.84 Å². The first-order chi connectivity index (χ1) is 6.69. The van der Waals surface area contributed by atoms with E-state index in [1.807, 2.05) is 6.92 Å². The van der Waals surface area contributed by atoms with Crippen molar-refractivity contribution >= 4 is 6.08 Å². The van der Waals surface area contributed by atoms with Crippen LogP contribution in [0.1, 0.15) is 11.1 Å². The van der Waals surface area contributed by atoms with Gasteiger partial charge in [-0.2, -0.15) is 0 Å². The van der Waals surface area contributed by atoms with Crippen LogP contribution in [0.4, 0.5) is 0 Å². The number of aliphatic imine (C=N–C) groups is 1. The van der Waals surface area contributed by atoms with Crippen LogP contribution in [0.2, 0.25) is 0 Å². The number of hydrogen-bond acceptors (Lipinski definition) is 4. The van der Waals surface area contributed by atoms with Crippen LogP contribution in [-0.2, 0) is 11.3 Å². The van der Waals surface area contributed by atoms with Crippen LogP contribution in [0.5, 0.6) is 11.5 Å². The molecule has 0 aliphatic rings. The smallest absolute Gasteiger partial charge is 0.235 e. The van der Waals surface area contributed by atoms with Crippen molar-refractivity contribution in [3.63, 3.8) is 0 Å². The number of nitrogens with zero attached hydrogens (tertiary/aromatic N) is 1. The number of carbonyl (C=O) groups excluding carboxylic acids is 1. The molecule has 14 heavy (non-hydrogen) atoms. The van der Waals surface area contributed by atoms with E-state index in [1.165, 1.54) is 19.3 Å². The molecule has 0 aromatic heterocycles. The number of phenols is 1. The minimum absolute atomic E-state index is 0.0589. The molecule has 0 aliphatic heterocycles. The van der Waals surface area contributed by atoms with Crippen molar-refractivity contribution in [1.82, 2.24) is 0 Å². The van der Waals surface area contributed by atoms with Gasteiger partial charge in [0.15, 0.2) is 11.5 Å². The van der Waals surface area contributed by atoms with E-state index in [4.69, 9.17) is 4.74 Å². The molecule has 0 aliphatic carbocycles. The number of ether oxygens (including phenoxy) is 1. The lowest BCUT2D eigenvalue weighted by molar-refractivity contribution is 0.370. The number of aromatic hydroxyl groups is 1. The Kier molecular flexibility index (Phi) is 3.26. The molecule has 1 N–H and O–H groups in total. The first kappa shape index (κ1) is 10.3. The lowest BCUT2D eigenvalue weighted by Gasteiger charge is -2.08. The first-order valence-corrected chi connectivity index (χ1v) is 4.09. The van der Waals surface area contributed by atoms with E-state index >= 15 is 0 Å². The van der Waals surface area contributed by atoms with E-state index in [1.54, 1.807) is 6.07 Å². The SMILES string of the molecule is COc1c(C)cc(CN=C=O)cc1O. The summed E-state index contributed by atoms with van der Waals surface area (Å²) in [7, 11) is 1.49. The van der Waals surface area contributed by atoms with E-state index in [0.29, 0.717) is 5.75 Å². The van der Waals surface area contributed by atoms with Crippen LogP contribution < -0.4 is 4.74 Å². The maximum atomic E-state index is 9.89. The average molecular weight is 193 g/mol. The number of phenolic OH excluding ortho intramolecular Hbond substituents is 1. The Bertz CT molecular complexity index is 358. The van der Waals surface area contributed by atoms with Gasteiger partial charge in [0, 0.05) is 0 Å². The molecule has 0 saturated carbocycles. The summed E-state index contributed by atoms with van der Waals surface area (Å²) in [6, 6.07) is 3.33. The number of methoxy groups -OCH3 is 1. The van der Waals surface area contributed by atoms with Gasteiger partial charge in [0.1, 0.15) is 0 Å². The zero-order chi connectivity index (χ0) is 10.6. The standard InChI is InChI=1S/C10H11NO3/c1-7-3-8(5-11-6-12)4-9(13)10(7)14-2/h3-4,13H,5H2,1-2H3. The summed E-state index contributed by atoms with van der Waals surface area (Å²) >= 11 is 0. The van der Waals surface area contributed by atoms with Gasteiger partial charge in [-0.1, -0.05) is 6.07 Å². The van der Waals surface area contributed by atoms with Crippen molar-refractivity contribution in [1.29, 1.82) is 0 Å². The van der Waals surface area contributed by atoms with Gasteiger partial charge >= 0.3 is 0 Å². The fraction of sp³-hybridized carbons (Fsp3) is 0.300. The molecule has 1 aromatic carbocycles. The van der Waals surface area contributed by atoms with Crippen molar-refractivity contribution in [3.8, 4) is 11.5 Å². The molecule has 0 heterocycles. The molecule has 0 saturated heterocycles. The van der Waals surface area contributed by atoms with Crippen molar-refractivity contribution in [2.45, 2.75) is 13.5 Å². The van der Waals surface area contributed by atoms with Crippen LogP contribution in [0.3, 0.4) is 0 Å². The molecular weight excluding hydrogens is 182 g/mol. The minimum Gasteiger partial charge on any atom is -0.504 e. The quantitative estimate of drug-likeness (QED) is 0.585. The van der Waals surface area contributed by atoms with Gasteiger partial charge in [0.2, 0.25) is 6.08 Å². The highest BCUT2D eigenvalue weighted by Crippen LogP contribution is 2.30. The molecule has 74 valence electrons. The van der Waals surface area contributed by atoms with Gasteiger partial charge in [-0.25, -0.2) is 9.79 Å². The number of aryl methyl sites for hydroxylation is 1. The summed E-state index contributed by atoms with van der Waals surface area (Å²) in [6.45, 7) is 2.04. The summed E-state index contributed by atoms with van der Waals surface area (Å²) < 4.78 is 4.98. The molecule has 0 unspecified atom stereocenters. The van der Waals surface area contributed by atoms with E-state index < -0.39 is 0 Å². The second-order valence-electron chi connectivity index (χ2n) is 2.87.